The Bertz CT molecular complexity index is 900. The molecule has 136 valence electrons. The number of hydrogen-bond acceptors (Lipinski definition) is 6. The number of ether oxygens (including phenoxy) is 1. The molecular weight excluding hydrogens is 328 g/mol. The highest BCUT2D eigenvalue weighted by molar-refractivity contribution is 5.80. The summed E-state index contributed by atoms with van der Waals surface area (Å²) in [6.45, 7) is 5.89. The molecule has 0 aliphatic carbocycles. The molecule has 3 aromatic heterocycles. The Balaban J connectivity index is 1.85. The molecule has 0 saturated carbocycles. The molecule has 0 radical (unpaired) electrons. The van der Waals surface area contributed by atoms with Crippen LogP contribution in [0.25, 0.3) is 16.8 Å². The summed E-state index contributed by atoms with van der Waals surface area (Å²) in [6, 6.07) is 4.07. The maximum Gasteiger partial charge on any atom is 0.179 e. The number of piperazine rings is 1. The van der Waals surface area contributed by atoms with Gasteiger partial charge in [-0.3, -0.25) is 4.98 Å². The zero-order valence-electron chi connectivity index (χ0n) is 15.3. The molecular formula is C19H24N6O. The zero-order chi connectivity index (χ0) is 17.9. The van der Waals surface area contributed by atoms with Crippen molar-refractivity contribution in [3.05, 3.63) is 36.4 Å². The summed E-state index contributed by atoms with van der Waals surface area (Å²) in [7, 11) is 1.68. The number of nitrogens with zero attached hydrogens (tertiary/aromatic N) is 5. The summed E-state index contributed by atoms with van der Waals surface area (Å²) in [6.07, 6.45) is 7.63. The van der Waals surface area contributed by atoms with Crippen LogP contribution in [0.1, 0.15) is 19.0 Å². The molecule has 0 amide bonds. The molecule has 1 aliphatic heterocycles. The minimum Gasteiger partial charge on any atom is -0.491 e. The first-order chi connectivity index (χ1) is 12.8. The van der Waals surface area contributed by atoms with Crippen LogP contribution in [0.2, 0.25) is 0 Å². The molecule has 1 N–H and O–H groups in total. The largest absolute Gasteiger partial charge is 0.491 e. The number of methoxy groups -OCH3 is 1. The van der Waals surface area contributed by atoms with Gasteiger partial charge in [0.05, 0.1) is 19.5 Å². The van der Waals surface area contributed by atoms with Gasteiger partial charge in [0.25, 0.3) is 0 Å². The number of aromatic nitrogens is 4. The van der Waals surface area contributed by atoms with Gasteiger partial charge in [-0.2, -0.15) is 5.10 Å². The Morgan fingerprint density at radius 2 is 2.08 bits per heavy atom. The number of hydrogen-bond donors (Lipinski definition) is 1. The second-order valence-corrected chi connectivity index (χ2v) is 6.44. The van der Waals surface area contributed by atoms with Gasteiger partial charge in [0.2, 0.25) is 0 Å². The highest BCUT2D eigenvalue weighted by Crippen LogP contribution is 2.32. The predicted molar refractivity (Wildman–Crippen MR) is 102 cm³/mol. The molecule has 1 fully saturated rings. The second-order valence-electron chi connectivity index (χ2n) is 6.44. The van der Waals surface area contributed by atoms with Crippen LogP contribution in [-0.4, -0.2) is 52.9 Å². The third-order valence-corrected chi connectivity index (χ3v) is 4.74. The molecule has 3 aromatic rings. The molecule has 0 unspecified atom stereocenters. The van der Waals surface area contributed by atoms with Crippen LogP contribution in [0, 0.1) is 0 Å². The normalized spacial score (nSPS) is 14.8. The Kier molecular flexibility index (Phi) is 4.71. The predicted octanol–water partition coefficient (Wildman–Crippen LogP) is 2.16. The quantitative estimate of drug-likeness (QED) is 0.759. The minimum atomic E-state index is 0.744. The average Bonchev–Trinajstić information content (AvgIpc) is 3.11. The van der Waals surface area contributed by atoms with Crippen LogP contribution in [0.3, 0.4) is 0 Å². The molecule has 4 heterocycles. The van der Waals surface area contributed by atoms with Gasteiger partial charge in [0.15, 0.2) is 17.2 Å². The van der Waals surface area contributed by atoms with Crippen molar-refractivity contribution in [2.75, 3.05) is 38.2 Å². The molecule has 7 nitrogen and oxygen atoms in total. The summed E-state index contributed by atoms with van der Waals surface area (Å²) in [5.74, 6) is 1.62. The van der Waals surface area contributed by atoms with Crippen LogP contribution < -0.4 is 15.0 Å². The number of fused-ring (bicyclic) bond motifs is 1. The van der Waals surface area contributed by atoms with E-state index in [-0.39, 0.29) is 0 Å². The van der Waals surface area contributed by atoms with E-state index in [9.17, 15) is 0 Å². The van der Waals surface area contributed by atoms with E-state index in [0.29, 0.717) is 0 Å². The van der Waals surface area contributed by atoms with Crippen molar-refractivity contribution < 1.29 is 4.74 Å². The van der Waals surface area contributed by atoms with E-state index in [4.69, 9.17) is 9.72 Å². The lowest BCUT2D eigenvalue weighted by Gasteiger charge is -2.29. The third kappa shape index (κ3) is 2.99. The fraction of sp³-hybridized carbons (Fsp3) is 0.421. The van der Waals surface area contributed by atoms with Crippen molar-refractivity contribution in [3.8, 4) is 16.9 Å². The molecule has 1 aliphatic rings. The van der Waals surface area contributed by atoms with Gasteiger partial charge in [0, 0.05) is 49.2 Å². The fourth-order valence-corrected chi connectivity index (χ4v) is 3.44. The number of nitrogens with one attached hydrogen (secondary N) is 1. The fourth-order valence-electron chi connectivity index (χ4n) is 3.44. The Labute approximate surface area is 153 Å². The summed E-state index contributed by atoms with van der Waals surface area (Å²) in [4.78, 5) is 11.8. The highest BCUT2D eigenvalue weighted by Gasteiger charge is 2.20. The Morgan fingerprint density at radius 3 is 2.85 bits per heavy atom. The molecule has 4 rings (SSSR count). The third-order valence-electron chi connectivity index (χ3n) is 4.74. The maximum atomic E-state index is 5.59. The van der Waals surface area contributed by atoms with Crippen LogP contribution >= 0.6 is 0 Å². The van der Waals surface area contributed by atoms with E-state index >= 15 is 0 Å². The highest BCUT2D eigenvalue weighted by atomic mass is 16.5. The van der Waals surface area contributed by atoms with Gasteiger partial charge in [0.1, 0.15) is 0 Å². The van der Waals surface area contributed by atoms with E-state index in [1.807, 2.05) is 24.7 Å². The van der Waals surface area contributed by atoms with Crippen LogP contribution in [0.4, 0.5) is 5.82 Å². The first-order valence-corrected chi connectivity index (χ1v) is 9.14. The summed E-state index contributed by atoms with van der Waals surface area (Å²) in [5, 5.41) is 7.88. The van der Waals surface area contributed by atoms with E-state index < -0.39 is 0 Å². The first-order valence-electron chi connectivity index (χ1n) is 9.14. The van der Waals surface area contributed by atoms with Crippen molar-refractivity contribution in [1.82, 2.24) is 24.9 Å². The topological polar surface area (TPSA) is 67.6 Å². The molecule has 0 spiro atoms. The summed E-state index contributed by atoms with van der Waals surface area (Å²) in [5.41, 5.74) is 4.05. The first kappa shape index (κ1) is 16.8. The van der Waals surface area contributed by atoms with Gasteiger partial charge < -0.3 is 15.0 Å². The van der Waals surface area contributed by atoms with Gasteiger partial charge >= 0.3 is 0 Å². The molecule has 1 saturated heterocycles. The van der Waals surface area contributed by atoms with Gasteiger partial charge in [-0.25, -0.2) is 9.50 Å². The van der Waals surface area contributed by atoms with E-state index in [1.54, 1.807) is 11.6 Å². The van der Waals surface area contributed by atoms with Crippen LogP contribution in [-0.2, 0) is 6.42 Å². The van der Waals surface area contributed by atoms with E-state index in [2.05, 4.69) is 33.3 Å². The van der Waals surface area contributed by atoms with Crippen LogP contribution in [0.5, 0.6) is 5.75 Å². The lowest BCUT2D eigenvalue weighted by molar-refractivity contribution is 0.407. The molecule has 7 heteroatoms. The van der Waals surface area contributed by atoms with Crippen molar-refractivity contribution in [2.45, 2.75) is 19.8 Å². The SMILES string of the molecule is CCCc1ncccc1-c1cnn2cc(OC)c(N3CCNCC3)nc12. The van der Waals surface area contributed by atoms with Gasteiger partial charge in [-0.1, -0.05) is 19.4 Å². The molecule has 0 bridgehead atoms. The Morgan fingerprint density at radius 1 is 1.23 bits per heavy atom. The van der Waals surface area contributed by atoms with E-state index in [0.717, 1.165) is 73.1 Å². The average molecular weight is 352 g/mol. The number of aryl methyl sites for hydroxylation is 1. The number of anilines is 1. The lowest BCUT2D eigenvalue weighted by atomic mass is 10.0. The van der Waals surface area contributed by atoms with Gasteiger partial charge in [-0.05, 0) is 12.5 Å². The molecule has 0 atom stereocenters. The van der Waals surface area contributed by atoms with Crippen molar-refractivity contribution in [1.29, 1.82) is 0 Å². The lowest BCUT2D eigenvalue weighted by Crippen LogP contribution is -2.44. The molecule has 26 heavy (non-hydrogen) atoms. The standard InChI is InChI=1S/C19H24N6O/c1-3-5-16-14(6-4-7-21-16)15-12-22-25-13-17(26-2)19(23-18(15)25)24-10-8-20-9-11-24/h4,6-7,12-13,20H,3,5,8-11H2,1-2H3. The summed E-state index contributed by atoms with van der Waals surface area (Å²) >= 11 is 0. The zero-order valence-corrected chi connectivity index (χ0v) is 15.3. The summed E-state index contributed by atoms with van der Waals surface area (Å²) < 4.78 is 7.38. The minimum absolute atomic E-state index is 0.744. The number of pyridine rings is 1. The van der Waals surface area contributed by atoms with Gasteiger partial charge in [-0.15, -0.1) is 0 Å². The monoisotopic (exact) mass is 352 g/mol. The molecule has 0 aromatic carbocycles. The van der Waals surface area contributed by atoms with Crippen molar-refractivity contribution >= 4 is 11.5 Å². The number of rotatable bonds is 5. The maximum absolute atomic E-state index is 5.59. The van der Waals surface area contributed by atoms with E-state index in [1.165, 1.54) is 0 Å². The van der Waals surface area contributed by atoms with Crippen LogP contribution in [0.15, 0.2) is 30.7 Å². The van der Waals surface area contributed by atoms with Crippen molar-refractivity contribution in [3.63, 3.8) is 0 Å². The Hall–Kier alpha value is -2.67. The van der Waals surface area contributed by atoms with Crippen molar-refractivity contribution in [2.24, 2.45) is 0 Å². The second kappa shape index (κ2) is 7.29. The smallest absolute Gasteiger partial charge is 0.179 e.